The molecule has 32 heavy (non-hydrogen) atoms. The van der Waals surface area contributed by atoms with Crippen LogP contribution in [0.25, 0.3) is 21.1 Å². The summed E-state index contributed by atoms with van der Waals surface area (Å²) in [5, 5.41) is 5.04. The Balaban J connectivity index is 1.18. The summed E-state index contributed by atoms with van der Waals surface area (Å²) in [5.74, 6) is 0.879. The summed E-state index contributed by atoms with van der Waals surface area (Å²) in [7, 11) is 0. The highest BCUT2D eigenvalue weighted by atomic mass is 32.1. The minimum atomic E-state index is 0.0864. The Morgan fingerprint density at radius 1 is 1.22 bits per heavy atom. The van der Waals surface area contributed by atoms with Crippen molar-refractivity contribution < 1.29 is 9.53 Å². The molecule has 1 amide bonds. The summed E-state index contributed by atoms with van der Waals surface area (Å²) in [4.78, 5) is 22.1. The smallest absolute Gasteiger partial charge is 0.279 e. The maximum Gasteiger partial charge on any atom is 0.279 e. The highest BCUT2D eigenvalue weighted by Crippen LogP contribution is 2.38. The van der Waals surface area contributed by atoms with E-state index in [1.165, 1.54) is 23.8 Å². The van der Waals surface area contributed by atoms with E-state index in [2.05, 4.69) is 44.6 Å². The van der Waals surface area contributed by atoms with Gasteiger partial charge in [-0.1, -0.05) is 23.5 Å². The molecule has 2 aliphatic rings. The van der Waals surface area contributed by atoms with Gasteiger partial charge in [0, 0.05) is 54.8 Å². The van der Waals surface area contributed by atoms with Crippen molar-refractivity contribution in [2.75, 3.05) is 0 Å². The first-order valence-corrected chi connectivity index (χ1v) is 12.1. The third-order valence-electron chi connectivity index (χ3n) is 6.86. The monoisotopic (exact) mass is 446 g/mol. The number of piperidine rings is 1. The summed E-state index contributed by atoms with van der Waals surface area (Å²) in [6.45, 7) is 2.56. The molecule has 4 heterocycles. The number of thiazole rings is 1. The Kier molecular flexibility index (Phi) is 4.88. The number of benzene rings is 2. The number of amides is 1. The van der Waals surface area contributed by atoms with Crippen molar-refractivity contribution in [2.45, 2.75) is 57.3 Å². The van der Waals surface area contributed by atoms with Crippen LogP contribution in [0, 0.1) is 0 Å². The number of para-hydroxylation sites is 1. The fourth-order valence-electron chi connectivity index (χ4n) is 5.49. The molecule has 0 radical (unpaired) electrons. The normalized spacial score (nSPS) is 23.1. The van der Waals surface area contributed by atoms with Gasteiger partial charge in [0.05, 0.1) is 10.2 Å². The Hall–Kier alpha value is -2.90. The zero-order chi connectivity index (χ0) is 21.7. The number of H-pyrrole nitrogens is 1. The molecule has 0 saturated carbocycles. The number of aromatic amines is 1. The van der Waals surface area contributed by atoms with Crippen LogP contribution < -0.4 is 10.1 Å². The SMILES string of the molecule is CC(=O)NC1C[C@H]2CC[C@@H](C1)N2Cc1c[nH]c2cc(Oc3nc4ccccc4s3)ccc12. The molecule has 164 valence electrons. The van der Waals surface area contributed by atoms with Crippen LogP contribution in [0.4, 0.5) is 0 Å². The van der Waals surface area contributed by atoms with Gasteiger partial charge in [-0.3, -0.25) is 9.69 Å². The second kappa shape index (κ2) is 7.90. The van der Waals surface area contributed by atoms with E-state index in [9.17, 15) is 4.79 Å². The number of carbonyl (C=O) groups is 1. The van der Waals surface area contributed by atoms with Gasteiger partial charge in [0.25, 0.3) is 5.19 Å². The molecule has 3 atom stereocenters. The molecule has 6 nitrogen and oxygen atoms in total. The molecule has 2 saturated heterocycles. The molecule has 4 aromatic rings. The van der Waals surface area contributed by atoms with Gasteiger partial charge < -0.3 is 15.0 Å². The highest BCUT2D eigenvalue weighted by molar-refractivity contribution is 7.20. The van der Waals surface area contributed by atoms with Gasteiger partial charge in [-0.2, -0.15) is 0 Å². The second-order valence-corrected chi connectivity index (χ2v) is 9.99. The third kappa shape index (κ3) is 3.65. The number of ether oxygens (including phenoxy) is 1. The van der Waals surface area contributed by atoms with E-state index in [0.29, 0.717) is 23.3 Å². The third-order valence-corrected chi connectivity index (χ3v) is 7.78. The first-order valence-electron chi connectivity index (χ1n) is 11.3. The predicted molar refractivity (Wildman–Crippen MR) is 127 cm³/mol. The molecule has 2 aromatic carbocycles. The van der Waals surface area contributed by atoms with Gasteiger partial charge in [0.2, 0.25) is 5.91 Å². The molecule has 2 bridgehead atoms. The summed E-state index contributed by atoms with van der Waals surface area (Å²) < 4.78 is 7.19. The molecule has 0 aliphatic carbocycles. The van der Waals surface area contributed by atoms with E-state index in [0.717, 1.165) is 40.9 Å². The predicted octanol–water partition coefficient (Wildman–Crippen LogP) is 5.20. The van der Waals surface area contributed by atoms with Crippen molar-refractivity contribution in [3.05, 3.63) is 54.2 Å². The molecule has 2 fully saturated rings. The van der Waals surface area contributed by atoms with Crippen molar-refractivity contribution in [3.63, 3.8) is 0 Å². The van der Waals surface area contributed by atoms with E-state index in [4.69, 9.17) is 4.74 Å². The van der Waals surface area contributed by atoms with E-state index < -0.39 is 0 Å². The van der Waals surface area contributed by atoms with Crippen LogP contribution in [-0.2, 0) is 11.3 Å². The lowest BCUT2D eigenvalue weighted by molar-refractivity contribution is -0.120. The quantitative estimate of drug-likeness (QED) is 0.442. The zero-order valence-corrected chi connectivity index (χ0v) is 18.8. The van der Waals surface area contributed by atoms with Crippen molar-refractivity contribution in [1.29, 1.82) is 0 Å². The zero-order valence-electron chi connectivity index (χ0n) is 18.0. The van der Waals surface area contributed by atoms with Crippen LogP contribution in [0.1, 0.15) is 38.2 Å². The van der Waals surface area contributed by atoms with Crippen LogP contribution >= 0.6 is 11.3 Å². The molecule has 2 N–H and O–H groups in total. The number of hydrogen-bond acceptors (Lipinski definition) is 5. The number of carbonyl (C=O) groups excluding carboxylic acids is 1. The largest absolute Gasteiger partial charge is 0.431 e. The first kappa shape index (κ1) is 19.8. The van der Waals surface area contributed by atoms with Crippen molar-refractivity contribution in [2.24, 2.45) is 0 Å². The molecule has 7 heteroatoms. The summed E-state index contributed by atoms with van der Waals surface area (Å²) >= 11 is 1.56. The standard InChI is InChI=1S/C25H26N4O2S/c1-15(30)27-17-10-18-6-7-19(11-17)29(18)14-16-13-26-23-12-20(8-9-21(16)23)31-25-28-22-4-2-3-5-24(22)32-25/h2-5,8-9,12-13,17-19,26H,6-7,10-11,14H2,1H3,(H,27,30)/t17?,18-,19+. The number of hydrogen-bond donors (Lipinski definition) is 2. The number of nitrogens with zero attached hydrogens (tertiary/aromatic N) is 2. The van der Waals surface area contributed by atoms with E-state index >= 15 is 0 Å². The van der Waals surface area contributed by atoms with Crippen molar-refractivity contribution in [1.82, 2.24) is 20.2 Å². The number of aromatic nitrogens is 2. The second-order valence-electron chi connectivity index (χ2n) is 9.00. The maximum atomic E-state index is 11.5. The Bertz CT molecular complexity index is 1250. The maximum absolute atomic E-state index is 11.5. The molecule has 1 unspecified atom stereocenters. The number of fused-ring (bicyclic) bond motifs is 4. The highest BCUT2D eigenvalue weighted by Gasteiger charge is 2.40. The Morgan fingerprint density at radius 3 is 2.81 bits per heavy atom. The lowest BCUT2D eigenvalue weighted by Crippen LogP contribution is -2.49. The topological polar surface area (TPSA) is 70.2 Å². The Labute approximate surface area is 190 Å². The average molecular weight is 447 g/mol. The minimum Gasteiger partial charge on any atom is -0.431 e. The van der Waals surface area contributed by atoms with E-state index in [1.807, 2.05) is 24.3 Å². The molecular weight excluding hydrogens is 420 g/mol. The first-order chi connectivity index (χ1) is 15.6. The van der Waals surface area contributed by atoms with Gasteiger partial charge in [-0.05, 0) is 55.5 Å². The van der Waals surface area contributed by atoms with Crippen LogP contribution in [0.5, 0.6) is 10.9 Å². The minimum absolute atomic E-state index is 0.0864. The fraction of sp³-hybridized carbons (Fsp3) is 0.360. The molecule has 6 rings (SSSR count). The van der Waals surface area contributed by atoms with Crippen molar-refractivity contribution in [3.8, 4) is 10.9 Å². The molecule has 2 aliphatic heterocycles. The summed E-state index contributed by atoms with van der Waals surface area (Å²) in [5.41, 5.74) is 3.37. The van der Waals surface area contributed by atoms with Gasteiger partial charge in [-0.25, -0.2) is 4.98 Å². The van der Waals surface area contributed by atoms with Crippen LogP contribution in [0.2, 0.25) is 0 Å². The lowest BCUT2D eigenvalue weighted by atomic mass is 9.96. The fourth-order valence-corrected chi connectivity index (χ4v) is 6.32. The van der Waals surface area contributed by atoms with Crippen LogP contribution in [0.15, 0.2) is 48.7 Å². The lowest BCUT2D eigenvalue weighted by Gasteiger charge is -2.39. The number of rotatable bonds is 5. The molecule has 2 aromatic heterocycles. The van der Waals surface area contributed by atoms with Gasteiger partial charge >= 0.3 is 0 Å². The Morgan fingerprint density at radius 2 is 2.03 bits per heavy atom. The van der Waals surface area contributed by atoms with Gasteiger partial charge in [-0.15, -0.1) is 0 Å². The summed E-state index contributed by atoms with van der Waals surface area (Å²) in [6, 6.07) is 15.7. The van der Waals surface area contributed by atoms with E-state index in [-0.39, 0.29) is 5.91 Å². The van der Waals surface area contributed by atoms with Gasteiger partial charge in [0.1, 0.15) is 5.75 Å². The number of nitrogens with one attached hydrogen (secondary N) is 2. The van der Waals surface area contributed by atoms with Gasteiger partial charge in [0.15, 0.2) is 0 Å². The van der Waals surface area contributed by atoms with Crippen LogP contribution in [0.3, 0.4) is 0 Å². The van der Waals surface area contributed by atoms with Crippen LogP contribution in [-0.4, -0.2) is 38.9 Å². The average Bonchev–Trinajstić information content (AvgIpc) is 3.42. The van der Waals surface area contributed by atoms with E-state index in [1.54, 1.807) is 18.3 Å². The van der Waals surface area contributed by atoms with Crippen molar-refractivity contribution >= 4 is 38.4 Å². The molecular formula is C25H26N4O2S. The molecule has 0 spiro atoms. The summed E-state index contributed by atoms with van der Waals surface area (Å²) in [6.07, 6.45) is 6.69.